The summed E-state index contributed by atoms with van der Waals surface area (Å²) in [5, 5.41) is 19.8. The zero-order valence-electron chi connectivity index (χ0n) is 11.0. The number of anilines is 1. The van der Waals surface area contributed by atoms with Crippen molar-refractivity contribution < 1.29 is 4.92 Å². The number of nitrogens with zero attached hydrogens (tertiary/aromatic N) is 5. The molecule has 1 aromatic carbocycles. The van der Waals surface area contributed by atoms with E-state index in [0.29, 0.717) is 12.1 Å². The Balaban J connectivity index is 2.32. The summed E-state index contributed by atoms with van der Waals surface area (Å²) in [7, 11) is 1.66. The highest BCUT2D eigenvalue weighted by atomic mass is 35.5. The largest absolute Gasteiger partial charge is 0.349 e. The molecule has 0 fully saturated rings. The van der Waals surface area contributed by atoms with E-state index in [1.165, 1.54) is 0 Å². The number of halogens is 1. The van der Waals surface area contributed by atoms with Crippen LogP contribution in [-0.2, 0) is 6.54 Å². The molecule has 21 heavy (non-hydrogen) atoms. The fourth-order valence-electron chi connectivity index (χ4n) is 1.84. The van der Waals surface area contributed by atoms with Gasteiger partial charge in [0.2, 0.25) is 11.1 Å². The van der Waals surface area contributed by atoms with Crippen LogP contribution in [0.2, 0.25) is 5.28 Å². The first-order valence-corrected chi connectivity index (χ1v) is 6.26. The molecule has 0 aliphatic heterocycles. The molecular formula is C13H10ClN5O2. The summed E-state index contributed by atoms with van der Waals surface area (Å²) in [6.07, 6.45) is 1.08. The first-order valence-electron chi connectivity index (χ1n) is 5.88. The molecule has 0 bridgehead atoms. The van der Waals surface area contributed by atoms with E-state index in [1.807, 2.05) is 12.1 Å². The molecule has 7 nitrogen and oxygen atoms in total. The van der Waals surface area contributed by atoms with Gasteiger partial charge in [0.1, 0.15) is 6.20 Å². The van der Waals surface area contributed by atoms with Gasteiger partial charge in [0, 0.05) is 13.6 Å². The van der Waals surface area contributed by atoms with Gasteiger partial charge in [-0.1, -0.05) is 12.1 Å². The maximum absolute atomic E-state index is 11.0. The van der Waals surface area contributed by atoms with E-state index in [0.717, 1.165) is 11.8 Å². The molecule has 0 aliphatic rings. The molecule has 2 aromatic rings. The monoisotopic (exact) mass is 303 g/mol. The predicted molar refractivity (Wildman–Crippen MR) is 77.0 cm³/mol. The second kappa shape index (κ2) is 6.15. The Morgan fingerprint density at radius 1 is 1.52 bits per heavy atom. The molecule has 0 aliphatic carbocycles. The minimum atomic E-state index is -0.562. The Morgan fingerprint density at radius 2 is 2.29 bits per heavy atom. The summed E-state index contributed by atoms with van der Waals surface area (Å²) in [5.74, 6) is 0.127. The number of nitriles is 1. The van der Waals surface area contributed by atoms with Crippen LogP contribution in [-0.4, -0.2) is 21.9 Å². The third-order valence-corrected chi connectivity index (χ3v) is 2.94. The molecule has 1 aromatic heterocycles. The van der Waals surface area contributed by atoms with Crippen molar-refractivity contribution in [2.75, 3.05) is 11.9 Å². The summed E-state index contributed by atoms with van der Waals surface area (Å²) >= 11 is 5.70. The van der Waals surface area contributed by atoms with Crippen molar-refractivity contribution >= 4 is 23.1 Å². The van der Waals surface area contributed by atoms with Gasteiger partial charge in [0.25, 0.3) is 0 Å². The van der Waals surface area contributed by atoms with Crippen LogP contribution in [0.15, 0.2) is 30.5 Å². The van der Waals surface area contributed by atoms with Crippen LogP contribution >= 0.6 is 11.6 Å². The van der Waals surface area contributed by atoms with Crippen molar-refractivity contribution in [1.82, 2.24) is 9.97 Å². The number of benzene rings is 1. The van der Waals surface area contributed by atoms with Gasteiger partial charge in [-0.15, -0.1) is 0 Å². The lowest BCUT2D eigenvalue weighted by Crippen LogP contribution is -2.19. The summed E-state index contributed by atoms with van der Waals surface area (Å²) in [5.41, 5.74) is 1.13. The molecule has 0 saturated carbocycles. The van der Waals surface area contributed by atoms with E-state index in [1.54, 1.807) is 30.1 Å². The average Bonchev–Trinajstić information content (AvgIpc) is 2.47. The molecule has 0 N–H and O–H groups in total. The van der Waals surface area contributed by atoms with Gasteiger partial charge in [-0.3, -0.25) is 10.1 Å². The molecule has 1 heterocycles. The predicted octanol–water partition coefficient (Wildman–Crippen LogP) is 2.55. The van der Waals surface area contributed by atoms with Gasteiger partial charge < -0.3 is 4.90 Å². The Morgan fingerprint density at radius 3 is 2.95 bits per heavy atom. The normalized spacial score (nSPS) is 9.95. The number of rotatable bonds is 4. The highest BCUT2D eigenvalue weighted by Gasteiger charge is 2.20. The molecule has 0 amide bonds. The zero-order valence-corrected chi connectivity index (χ0v) is 11.8. The topological polar surface area (TPSA) is 96.0 Å². The highest BCUT2D eigenvalue weighted by molar-refractivity contribution is 6.28. The van der Waals surface area contributed by atoms with Crippen LogP contribution < -0.4 is 4.90 Å². The Labute approximate surface area is 125 Å². The lowest BCUT2D eigenvalue weighted by Gasteiger charge is -2.18. The van der Waals surface area contributed by atoms with Crippen LogP contribution in [0.5, 0.6) is 0 Å². The lowest BCUT2D eigenvalue weighted by atomic mass is 10.1. The van der Waals surface area contributed by atoms with Crippen molar-refractivity contribution in [2.45, 2.75) is 6.54 Å². The first-order chi connectivity index (χ1) is 10.0. The smallest absolute Gasteiger partial charge is 0.329 e. The van der Waals surface area contributed by atoms with Crippen LogP contribution in [0, 0.1) is 21.4 Å². The van der Waals surface area contributed by atoms with Gasteiger partial charge in [-0.2, -0.15) is 10.2 Å². The van der Waals surface area contributed by atoms with Gasteiger partial charge in [0.15, 0.2) is 0 Å². The van der Waals surface area contributed by atoms with Crippen molar-refractivity contribution in [3.05, 3.63) is 57.0 Å². The van der Waals surface area contributed by atoms with E-state index in [-0.39, 0.29) is 16.8 Å². The summed E-state index contributed by atoms with van der Waals surface area (Å²) in [4.78, 5) is 19.6. The van der Waals surface area contributed by atoms with E-state index < -0.39 is 4.92 Å². The van der Waals surface area contributed by atoms with Crippen molar-refractivity contribution in [3.8, 4) is 6.07 Å². The summed E-state index contributed by atoms with van der Waals surface area (Å²) in [6.45, 7) is 0.351. The standard InChI is InChI=1S/C13H10ClN5O2/c1-18(8-10-4-2-3-9(5-10)6-15)12-11(19(20)21)7-16-13(14)17-12/h2-5,7H,8H2,1H3. The van der Waals surface area contributed by atoms with Gasteiger partial charge in [-0.05, 0) is 29.3 Å². The number of hydrogen-bond acceptors (Lipinski definition) is 6. The Hall–Kier alpha value is -2.72. The SMILES string of the molecule is CN(Cc1cccc(C#N)c1)c1nc(Cl)ncc1[N+](=O)[O-]. The number of nitro groups is 1. The van der Waals surface area contributed by atoms with Crippen molar-refractivity contribution in [1.29, 1.82) is 5.26 Å². The minimum absolute atomic E-state index is 0.0618. The quantitative estimate of drug-likeness (QED) is 0.489. The second-order valence-corrected chi connectivity index (χ2v) is 4.61. The van der Waals surface area contributed by atoms with E-state index in [2.05, 4.69) is 9.97 Å². The van der Waals surface area contributed by atoms with Crippen LogP contribution in [0.4, 0.5) is 11.5 Å². The molecule has 8 heteroatoms. The van der Waals surface area contributed by atoms with E-state index in [9.17, 15) is 10.1 Å². The third-order valence-electron chi connectivity index (χ3n) is 2.75. The molecule has 0 unspecified atom stereocenters. The number of hydrogen-bond donors (Lipinski definition) is 0. The van der Waals surface area contributed by atoms with Crippen LogP contribution in [0.3, 0.4) is 0 Å². The molecular weight excluding hydrogens is 294 g/mol. The van der Waals surface area contributed by atoms with Crippen LogP contribution in [0.1, 0.15) is 11.1 Å². The van der Waals surface area contributed by atoms with Gasteiger partial charge >= 0.3 is 5.69 Å². The average molecular weight is 304 g/mol. The lowest BCUT2D eigenvalue weighted by molar-refractivity contribution is -0.384. The maximum atomic E-state index is 11.0. The van der Waals surface area contributed by atoms with E-state index >= 15 is 0 Å². The molecule has 2 rings (SSSR count). The first kappa shape index (κ1) is 14.7. The fraction of sp³-hybridized carbons (Fsp3) is 0.154. The maximum Gasteiger partial charge on any atom is 0.329 e. The van der Waals surface area contributed by atoms with Gasteiger partial charge in [0.05, 0.1) is 16.6 Å². The Bertz CT molecular complexity index is 729. The Kier molecular flexibility index (Phi) is 4.30. The molecule has 106 valence electrons. The fourth-order valence-corrected chi connectivity index (χ4v) is 1.97. The molecule has 0 saturated heterocycles. The third kappa shape index (κ3) is 3.43. The summed E-state index contributed by atoms with van der Waals surface area (Å²) in [6, 6.07) is 9.03. The highest BCUT2D eigenvalue weighted by Crippen LogP contribution is 2.26. The molecule has 0 atom stereocenters. The minimum Gasteiger partial charge on any atom is -0.349 e. The zero-order chi connectivity index (χ0) is 15.4. The van der Waals surface area contributed by atoms with Crippen molar-refractivity contribution in [3.63, 3.8) is 0 Å². The van der Waals surface area contributed by atoms with E-state index in [4.69, 9.17) is 16.9 Å². The molecule has 0 radical (unpaired) electrons. The summed E-state index contributed by atoms with van der Waals surface area (Å²) < 4.78 is 0. The second-order valence-electron chi connectivity index (χ2n) is 4.27. The molecule has 0 spiro atoms. The van der Waals surface area contributed by atoms with Gasteiger partial charge in [-0.25, -0.2) is 4.98 Å². The van der Waals surface area contributed by atoms with Crippen LogP contribution in [0.25, 0.3) is 0 Å². The van der Waals surface area contributed by atoms with Crippen molar-refractivity contribution in [2.24, 2.45) is 0 Å². The number of aromatic nitrogens is 2.